The van der Waals surface area contributed by atoms with Gasteiger partial charge < -0.3 is 18.9 Å². The molecule has 0 radical (unpaired) electrons. The summed E-state index contributed by atoms with van der Waals surface area (Å²) >= 11 is 0. The first-order chi connectivity index (χ1) is 14.9. The highest BCUT2D eigenvalue weighted by Gasteiger charge is 2.67. The summed E-state index contributed by atoms with van der Waals surface area (Å²) in [5.41, 5.74) is 0.183. The fourth-order valence-corrected chi connectivity index (χ4v) is 5.78. The van der Waals surface area contributed by atoms with E-state index < -0.39 is 29.9 Å². The Morgan fingerprint density at radius 2 is 2.00 bits per heavy atom. The quantitative estimate of drug-likeness (QED) is 0.663. The molecule has 1 aromatic rings. The summed E-state index contributed by atoms with van der Waals surface area (Å²) in [4.78, 5) is 13.9. The monoisotopic (exact) mass is 424 g/mol. The van der Waals surface area contributed by atoms with E-state index in [0.717, 1.165) is 24.8 Å². The Morgan fingerprint density at radius 1 is 1.19 bits per heavy atom. The molecule has 0 aromatic heterocycles. The molecule has 3 fully saturated rings. The van der Waals surface area contributed by atoms with Gasteiger partial charge in [0.15, 0.2) is 24.0 Å². The van der Waals surface area contributed by atoms with Crippen LogP contribution in [0, 0.1) is 17.8 Å². The second-order valence-electron chi connectivity index (χ2n) is 9.78. The summed E-state index contributed by atoms with van der Waals surface area (Å²) in [7, 11) is 0. The topological polar surface area (TPSA) is 54.0 Å². The Balaban J connectivity index is 1.50. The first-order valence-corrected chi connectivity index (χ1v) is 11.4. The van der Waals surface area contributed by atoms with Crippen LogP contribution >= 0.6 is 0 Å². The Labute approximate surface area is 184 Å². The van der Waals surface area contributed by atoms with E-state index in [9.17, 15) is 4.79 Å². The molecular weight excluding hydrogens is 392 g/mol. The van der Waals surface area contributed by atoms with E-state index in [-0.39, 0.29) is 17.6 Å². The highest BCUT2D eigenvalue weighted by atomic mass is 16.8. The molecular formula is C26H32O5. The lowest BCUT2D eigenvalue weighted by atomic mass is 9.80. The van der Waals surface area contributed by atoms with E-state index in [4.69, 9.17) is 18.9 Å². The highest BCUT2D eigenvalue weighted by molar-refractivity contribution is 5.88. The molecule has 0 unspecified atom stereocenters. The Kier molecular flexibility index (Phi) is 5.41. The molecule has 0 amide bonds. The van der Waals surface area contributed by atoms with Crippen LogP contribution in [0.15, 0.2) is 55.1 Å². The van der Waals surface area contributed by atoms with Gasteiger partial charge in [0.05, 0.1) is 6.61 Å². The van der Waals surface area contributed by atoms with Crippen molar-refractivity contribution < 1.29 is 23.7 Å². The fraction of sp³-hybridized carbons (Fsp3) is 0.577. The lowest BCUT2D eigenvalue weighted by Crippen LogP contribution is -2.55. The van der Waals surface area contributed by atoms with Crippen LogP contribution in [-0.4, -0.2) is 35.7 Å². The molecule has 5 rings (SSSR count). The summed E-state index contributed by atoms with van der Waals surface area (Å²) in [6.07, 6.45) is 7.92. The molecule has 0 spiro atoms. The smallest absolute Gasteiger partial charge is 0.191 e. The molecule has 1 aromatic carbocycles. The second-order valence-corrected chi connectivity index (χ2v) is 9.78. The maximum Gasteiger partial charge on any atom is 0.191 e. The van der Waals surface area contributed by atoms with Crippen molar-refractivity contribution in [2.45, 2.75) is 76.0 Å². The minimum absolute atomic E-state index is 0.0890. The van der Waals surface area contributed by atoms with Gasteiger partial charge in [0.2, 0.25) is 0 Å². The molecule has 2 saturated heterocycles. The number of hydrogen-bond donors (Lipinski definition) is 0. The van der Waals surface area contributed by atoms with Crippen LogP contribution in [0.25, 0.3) is 0 Å². The van der Waals surface area contributed by atoms with Crippen LogP contribution in [-0.2, 0) is 30.3 Å². The predicted molar refractivity (Wildman–Crippen MR) is 116 cm³/mol. The average Bonchev–Trinajstić information content (AvgIpc) is 3.40. The van der Waals surface area contributed by atoms with Crippen molar-refractivity contribution in [3.8, 4) is 0 Å². The molecule has 5 nitrogen and oxygen atoms in total. The number of ketones is 1. The molecule has 1 saturated carbocycles. The van der Waals surface area contributed by atoms with Crippen LogP contribution < -0.4 is 0 Å². The van der Waals surface area contributed by atoms with E-state index in [1.807, 2.05) is 50.3 Å². The second kappa shape index (κ2) is 7.96. The fourth-order valence-electron chi connectivity index (χ4n) is 5.78. The van der Waals surface area contributed by atoms with E-state index in [2.05, 4.69) is 18.7 Å². The van der Waals surface area contributed by atoms with Crippen LogP contribution in [0.3, 0.4) is 0 Å². The van der Waals surface area contributed by atoms with Gasteiger partial charge in [-0.3, -0.25) is 4.79 Å². The summed E-state index contributed by atoms with van der Waals surface area (Å²) in [5, 5.41) is 0. The first-order valence-electron chi connectivity index (χ1n) is 11.4. The third-order valence-electron chi connectivity index (χ3n) is 7.29. The molecule has 7 atom stereocenters. The molecule has 2 aliphatic carbocycles. The molecule has 31 heavy (non-hydrogen) atoms. The zero-order chi connectivity index (χ0) is 21.6. The lowest BCUT2D eigenvalue weighted by Gasteiger charge is -2.38. The molecule has 5 heteroatoms. The number of ether oxygens (including phenoxy) is 4. The van der Waals surface area contributed by atoms with Crippen molar-refractivity contribution in [2.24, 2.45) is 17.8 Å². The number of rotatable bonds is 4. The van der Waals surface area contributed by atoms with E-state index in [1.165, 1.54) is 0 Å². The van der Waals surface area contributed by atoms with Crippen molar-refractivity contribution in [1.82, 2.24) is 0 Å². The molecule has 0 N–H and O–H groups in total. The van der Waals surface area contributed by atoms with Crippen LogP contribution in [0.4, 0.5) is 0 Å². The van der Waals surface area contributed by atoms with Gasteiger partial charge in [0, 0.05) is 5.92 Å². The van der Waals surface area contributed by atoms with Crippen LogP contribution in [0.1, 0.15) is 45.1 Å². The lowest BCUT2D eigenvalue weighted by molar-refractivity contribution is -0.238. The zero-order valence-corrected chi connectivity index (χ0v) is 18.4. The van der Waals surface area contributed by atoms with Crippen molar-refractivity contribution >= 4 is 5.78 Å². The number of allylic oxidation sites excluding steroid dienone is 3. The maximum absolute atomic E-state index is 13.9. The third kappa shape index (κ3) is 3.72. The van der Waals surface area contributed by atoms with Crippen molar-refractivity contribution in [3.05, 3.63) is 60.7 Å². The molecule has 2 heterocycles. The minimum atomic E-state index is -0.878. The summed E-state index contributed by atoms with van der Waals surface area (Å²) < 4.78 is 25.3. The number of Topliss-reactive ketones (excluding diaryl/α,β-unsaturated/α-hetero) is 1. The van der Waals surface area contributed by atoms with Crippen LogP contribution in [0.5, 0.6) is 0 Å². The number of hydrogen-bond acceptors (Lipinski definition) is 5. The standard InChI is InChI=1S/C26H32O5/c1-4-17-14-19-12-8-9-13-26(28-16-18-10-6-5-7-11-18)22(21(27)20(19)15-17)29-24-23(26)30-25(2,3)31-24/h4-8,10-12,17,19-20,22-24H,1,9,13-16H2,2-3H3/b12-8-/t17-,19+,20-,22-,23+,24-,26-/m1/s1. The van der Waals surface area contributed by atoms with Gasteiger partial charge in [-0.1, -0.05) is 48.6 Å². The zero-order valence-electron chi connectivity index (χ0n) is 18.4. The highest BCUT2D eigenvalue weighted by Crippen LogP contribution is 2.51. The summed E-state index contributed by atoms with van der Waals surface area (Å²) in [5.74, 6) is -0.162. The van der Waals surface area contributed by atoms with E-state index in [1.54, 1.807) is 0 Å². The first kappa shape index (κ1) is 21.1. The van der Waals surface area contributed by atoms with E-state index in [0.29, 0.717) is 18.9 Å². The number of carbonyl (C=O) groups is 1. The van der Waals surface area contributed by atoms with Crippen LogP contribution in [0.2, 0.25) is 0 Å². The molecule has 0 bridgehead atoms. The maximum atomic E-state index is 13.9. The number of benzene rings is 1. The number of carbonyl (C=O) groups excluding carboxylic acids is 1. The third-order valence-corrected chi connectivity index (χ3v) is 7.29. The largest absolute Gasteiger partial charge is 0.364 e. The van der Waals surface area contributed by atoms with Gasteiger partial charge in [-0.25, -0.2) is 0 Å². The minimum Gasteiger partial charge on any atom is -0.364 e. The van der Waals surface area contributed by atoms with Gasteiger partial charge in [-0.2, -0.15) is 0 Å². The van der Waals surface area contributed by atoms with Crippen molar-refractivity contribution in [1.29, 1.82) is 0 Å². The SMILES string of the molecule is C=C[C@@H]1C[C@@H]2/C=C\CC[C@@]3(OCc4ccccc4)[C@H](O[C@@H]4OC(C)(C)O[C@@H]43)C(=O)[C@@H]2C1. The Bertz CT molecular complexity index is 862. The average molecular weight is 425 g/mol. The van der Waals surface area contributed by atoms with Gasteiger partial charge in [0.1, 0.15) is 11.7 Å². The van der Waals surface area contributed by atoms with Gasteiger partial charge in [-0.15, -0.1) is 6.58 Å². The predicted octanol–water partition coefficient (Wildman–Crippen LogP) is 4.57. The normalized spacial score (nSPS) is 42.1. The Morgan fingerprint density at radius 3 is 2.77 bits per heavy atom. The summed E-state index contributed by atoms with van der Waals surface area (Å²) in [6, 6.07) is 10.0. The van der Waals surface area contributed by atoms with Crippen molar-refractivity contribution in [3.63, 3.8) is 0 Å². The summed E-state index contributed by atoms with van der Waals surface area (Å²) in [6.45, 7) is 8.13. The molecule has 4 aliphatic rings. The Hall–Kier alpha value is -1.79. The van der Waals surface area contributed by atoms with Gasteiger partial charge in [-0.05, 0) is 56.9 Å². The number of fused-ring (bicyclic) bond motifs is 4. The van der Waals surface area contributed by atoms with Crippen molar-refractivity contribution in [2.75, 3.05) is 0 Å². The molecule has 2 aliphatic heterocycles. The van der Waals surface area contributed by atoms with E-state index >= 15 is 0 Å². The van der Waals surface area contributed by atoms with Gasteiger partial charge >= 0.3 is 0 Å². The van der Waals surface area contributed by atoms with Gasteiger partial charge in [0.25, 0.3) is 0 Å². The molecule has 166 valence electrons.